The molecule has 154 valence electrons. The summed E-state index contributed by atoms with van der Waals surface area (Å²) in [5, 5.41) is 0. The van der Waals surface area contributed by atoms with Crippen LogP contribution in [0.25, 0.3) is 0 Å². The number of carbonyl (C=O) groups excluding carboxylic acids is 1. The first kappa shape index (κ1) is 20.6. The lowest BCUT2D eigenvalue weighted by Crippen LogP contribution is -2.53. The fourth-order valence-corrected chi connectivity index (χ4v) is 3.97. The molecule has 1 aromatic rings. The lowest BCUT2D eigenvalue weighted by molar-refractivity contribution is -0.274. The van der Waals surface area contributed by atoms with Crippen molar-refractivity contribution in [3.63, 3.8) is 0 Å². The molecule has 1 amide bonds. The molecule has 3 rings (SSSR count). The molecule has 7 heteroatoms. The highest BCUT2D eigenvalue weighted by molar-refractivity contribution is 5.70. The molecule has 1 saturated heterocycles. The van der Waals surface area contributed by atoms with Gasteiger partial charge in [-0.2, -0.15) is 0 Å². The lowest BCUT2D eigenvalue weighted by Gasteiger charge is -2.45. The van der Waals surface area contributed by atoms with Gasteiger partial charge in [0.15, 0.2) is 0 Å². The summed E-state index contributed by atoms with van der Waals surface area (Å²) in [5.41, 5.74) is 0.964. The van der Waals surface area contributed by atoms with Crippen molar-refractivity contribution in [3.8, 4) is 5.75 Å². The van der Waals surface area contributed by atoms with Crippen molar-refractivity contribution in [2.45, 2.75) is 76.9 Å². The van der Waals surface area contributed by atoms with E-state index < -0.39 is 12.0 Å². The van der Waals surface area contributed by atoms with Crippen LogP contribution in [0.5, 0.6) is 5.75 Å². The van der Waals surface area contributed by atoms with Gasteiger partial charge >= 0.3 is 12.5 Å². The largest absolute Gasteiger partial charge is 0.573 e. The number of piperidine rings is 1. The van der Waals surface area contributed by atoms with Gasteiger partial charge in [-0.15, -0.1) is 13.2 Å². The standard InChI is InChI=1S/C21H26F3NO3/c1-20(2,3)28-19(26)25-16-8-6-9-17(25)13-14(12-16)11-15-7-4-5-10-18(15)27-21(22,23)24/h4-5,7,10,12,16-17H,6,8-9,11,13H2,1-3H3. The second-order valence-corrected chi connectivity index (χ2v) is 8.40. The third kappa shape index (κ3) is 5.20. The minimum absolute atomic E-state index is 0.0179. The molecular formula is C21H26F3NO3. The first-order chi connectivity index (χ1) is 13.0. The Kier molecular flexibility index (Phi) is 5.64. The normalized spacial score (nSPS) is 22.5. The molecule has 0 spiro atoms. The molecule has 0 saturated carbocycles. The number of amides is 1. The third-order valence-electron chi connectivity index (χ3n) is 4.93. The van der Waals surface area contributed by atoms with Gasteiger partial charge in [0.05, 0.1) is 6.04 Å². The highest BCUT2D eigenvalue weighted by Gasteiger charge is 2.39. The zero-order valence-electron chi connectivity index (χ0n) is 16.4. The fraction of sp³-hybridized carbons (Fsp3) is 0.571. The number of benzene rings is 1. The highest BCUT2D eigenvalue weighted by Crippen LogP contribution is 2.37. The second kappa shape index (κ2) is 7.68. The lowest BCUT2D eigenvalue weighted by atomic mass is 9.83. The van der Waals surface area contributed by atoms with Gasteiger partial charge in [0, 0.05) is 6.04 Å². The maximum Gasteiger partial charge on any atom is 0.573 e. The predicted octanol–water partition coefficient (Wildman–Crippen LogP) is 5.62. The average Bonchev–Trinajstić information content (AvgIpc) is 2.53. The number of hydrogen-bond acceptors (Lipinski definition) is 3. The van der Waals surface area contributed by atoms with Crippen LogP contribution in [0.1, 0.15) is 52.0 Å². The van der Waals surface area contributed by atoms with Crippen LogP contribution in [0.3, 0.4) is 0 Å². The quantitative estimate of drug-likeness (QED) is 0.622. The topological polar surface area (TPSA) is 38.8 Å². The molecule has 4 nitrogen and oxygen atoms in total. The van der Waals surface area contributed by atoms with E-state index in [-0.39, 0.29) is 23.9 Å². The van der Waals surface area contributed by atoms with Gasteiger partial charge in [0.1, 0.15) is 11.4 Å². The zero-order valence-corrected chi connectivity index (χ0v) is 16.4. The van der Waals surface area contributed by atoms with Gasteiger partial charge in [-0.3, -0.25) is 4.90 Å². The highest BCUT2D eigenvalue weighted by atomic mass is 19.4. The Bertz CT molecular complexity index is 752. The minimum atomic E-state index is -4.72. The molecule has 2 bridgehead atoms. The number of fused-ring (bicyclic) bond motifs is 2. The molecule has 28 heavy (non-hydrogen) atoms. The van der Waals surface area contributed by atoms with Crippen molar-refractivity contribution in [3.05, 3.63) is 41.5 Å². The molecule has 2 aliphatic heterocycles. The summed E-state index contributed by atoms with van der Waals surface area (Å²) in [5.74, 6) is -0.171. The van der Waals surface area contributed by atoms with Crippen LogP contribution in [-0.4, -0.2) is 35.0 Å². The van der Waals surface area contributed by atoms with Gasteiger partial charge in [0.2, 0.25) is 0 Å². The molecule has 2 atom stereocenters. The molecule has 0 radical (unpaired) electrons. The summed E-state index contributed by atoms with van der Waals surface area (Å²) in [7, 11) is 0. The van der Waals surface area contributed by atoms with Crippen LogP contribution in [0.2, 0.25) is 0 Å². The Morgan fingerprint density at radius 2 is 1.89 bits per heavy atom. The van der Waals surface area contributed by atoms with E-state index in [0.29, 0.717) is 18.4 Å². The van der Waals surface area contributed by atoms with E-state index in [2.05, 4.69) is 4.74 Å². The van der Waals surface area contributed by atoms with Crippen molar-refractivity contribution in [2.24, 2.45) is 0 Å². The Hall–Kier alpha value is -2.18. The summed E-state index contributed by atoms with van der Waals surface area (Å²) >= 11 is 0. The smallest absolute Gasteiger partial charge is 0.444 e. The molecule has 0 N–H and O–H groups in total. The van der Waals surface area contributed by atoms with Crippen LogP contribution in [0.15, 0.2) is 35.9 Å². The number of carbonyl (C=O) groups is 1. The number of nitrogens with zero attached hydrogens (tertiary/aromatic N) is 1. The SMILES string of the molecule is CC(C)(C)OC(=O)N1C2C=C(Cc3ccccc3OC(F)(F)F)CC1CCC2. The molecule has 2 heterocycles. The van der Waals surface area contributed by atoms with Crippen molar-refractivity contribution in [1.29, 1.82) is 0 Å². The number of rotatable bonds is 3. The van der Waals surface area contributed by atoms with E-state index >= 15 is 0 Å². The Labute approximate surface area is 163 Å². The Morgan fingerprint density at radius 1 is 1.18 bits per heavy atom. The summed E-state index contributed by atoms with van der Waals surface area (Å²) in [6.45, 7) is 5.51. The van der Waals surface area contributed by atoms with E-state index in [1.807, 2.05) is 26.8 Å². The van der Waals surface area contributed by atoms with Crippen molar-refractivity contribution < 1.29 is 27.4 Å². The summed E-state index contributed by atoms with van der Waals surface area (Å²) in [4.78, 5) is 14.4. The summed E-state index contributed by atoms with van der Waals surface area (Å²) < 4.78 is 47.7. The van der Waals surface area contributed by atoms with Crippen LogP contribution < -0.4 is 4.74 Å². The Morgan fingerprint density at radius 3 is 2.54 bits per heavy atom. The molecule has 1 aromatic carbocycles. The first-order valence-corrected chi connectivity index (χ1v) is 9.56. The summed E-state index contributed by atoms with van der Waals surface area (Å²) in [6, 6.07) is 6.16. The monoisotopic (exact) mass is 397 g/mol. The number of halogens is 3. The maximum absolute atomic E-state index is 12.7. The van der Waals surface area contributed by atoms with Crippen molar-refractivity contribution in [2.75, 3.05) is 0 Å². The van der Waals surface area contributed by atoms with Gasteiger partial charge in [-0.1, -0.05) is 29.8 Å². The average molecular weight is 397 g/mol. The first-order valence-electron chi connectivity index (χ1n) is 9.56. The van der Waals surface area contributed by atoms with Crippen LogP contribution in [0, 0.1) is 0 Å². The second-order valence-electron chi connectivity index (χ2n) is 8.40. The van der Waals surface area contributed by atoms with E-state index in [1.54, 1.807) is 17.0 Å². The predicted molar refractivity (Wildman–Crippen MR) is 99.0 cm³/mol. The fourth-order valence-electron chi connectivity index (χ4n) is 3.97. The van der Waals surface area contributed by atoms with E-state index in [4.69, 9.17) is 4.74 Å². The molecule has 1 fully saturated rings. The molecule has 2 unspecified atom stereocenters. The van der Waals surface area contributed by atoms with Gasteiger partial charge < -0.3 is 9.47 Å². The number of para-hydroxylation sites is 1. The molecular weight excluding hydrogens is 371 g/mol. The van der Waals surface area contributed by atoms with Gasteiger partial charge in [-0.25, -0.2) is 4.79 Å². The number of alkyl halides is 3. The number of hydrogen-bond donors (Lipinski definition) is 0. The van der Waals surface area contributed by atoms with Crippen LogP contribution >= 0.6 is 0 Å². The van der Waals surface area contributed by atoms with Crippen molar-refractivity contribution in [1.82, 2.24) is 4.90 Å². The van der Waals surface area contributed by atoms with Crippen LogP contribution in [0.4, 0.5) is 18.0 Å². The van der Waals surface area contributed by atoms with E-state index in [1.165, 1.54) is 12.1 Å². The Balaban J connectivity index is 1.78. The van der Waals surface area contributed by atoms with Gasteiger partial charge in [-0.05, 0) is 64.5 Å². The number of ether oxygens (including phenoxy) is 2. The third-order valence-corrected chi connectivity index (χ3v) is 4.93. The molecule has 0 aromatic heterocycles. The minimum Gasteiger partial charge on any atom is -0.444 e. The molecule has 2 aliphatic rings. The van der Waals surface area contributed by atoms with Crippen LogP contribution in [-0.2, 0) is 11.2 Å². The maximum atomic E-state index is 12.7. The molecule has 0 aliphatic carbocycles. The van der Waals surface area contributed by atoms with Crippen molar-refractivity contribution >= 4 is 6.09 Å². The zero-order chi connectivity index (χ0) is 20.5. The van der Waals surface area contributed by atoms with E-state index in [0.717, 1.165) is 24.8 Å². The summed E-state index contributed by atoms with van der Waals surface area (Å²) in [6.07, 6.45) is 0.709. The van der Waals surface area contributed by atoms with Gasteiger partial charge in [0.25, 0.3) is 0 Å². The van der Waals surface area contributed by atoms with E-state index in [9.17, 15) is 18.0 Å².